The molecule has 2 fully saturated rings. The Kier molecular flexibility index (Phi) is 6.57. The van der Waals surface area contributed by atoms with Gasteiger partial charge in [-0.1, -0.05) is 31.2 Å². The van der Waals surface area contributed by atoms with Gasteiger partial charge in [-0.3, -0.25) is 14.4 Å². The van der Waals surface area contributed by atoms with E-state index in [0.29, 0.717) is 48.3 Å². The van der Waals surface area contributed by atoms with Crippen molar-refractivity contribution in [2.75, 3.05) is 19.6 Å². The van der Waals surface area contributed by atoms with Crippen LogP contribution in [-0.2, 0) is 20.9 Å². The lowest BCUT2D eigenvalue weighted by molar-refractivity contribution is -0.127. The minimum absolute atomic E-state index is 0.00459. The highest BCUT2D eigenvalue weighted by Gasteiger charge is 2.44. The molecule has 1 saturated carbocycles. The summed E-state index contributed by atoms with van der Waals surface area (Å²) >= 11 is 0. The zero-order valence-corrected chi connectivity index (χ0v) is 20.0. The standard InChI is InChI=1S/C27H28F2N4O3/c1-2-30-33-14-20-18(8-4-9-21(20)29)25(22(33)15-32-11-5-10-24(32)35)27(36)31-26(19-13-23(19)34)16-6-3-7-17(28)12-16/h3-4,6-9,12,19,26,30H,2,5,10-11,13-15H2,1H3,(H,31,36)/t19?,26-/m1/s1. The summed E-state index contributed by atoms with van der Waals surface area (Å²) < 4.78 is 28.9. The Hall–Kier alpha value is -3.59. The molecule has 188 valence electrons. The fourth-order valence-electron chi connectivity index (χ4n) is 5.10. The minimum atomic E-state index is -0.714. The van der Waals surface area contributed by atoms with Crippen LogP contribution in [0.5, 0.6) is 0 Å². The number of hydrogen-bond acceptors (Lipinski definition) is 5. The molecule has 36 heavy (non-hydrogen) atoms. The normalized spacial score (nSPS) is 20.0. The number of nitrogens with one attached hydrogen (secondary N) is 2. The van der Waals surface area contributed by atoms with E-state index in [0.717, 1.165) is 6.42 Å². The van der Waals surface area contributed by atoms with Gasteiger partial charge in [0.1, 0.15) is 17.4 Å². The molecule has 1 aliphatic carbocycles. The average Bonchev–Trinajstić information content (AvgIpc) is 3.44. The number of ketones is 1. The zero-order chi connectivity index (χ0) is 25.4. The Labute approximate surface area is 208 Å². The van der Waals surface area contributed by atoms with Crippen LogP contribution in [-0.4, -0.2) is 47.1 Å². The van der Waals surface area contributed by atoms with E-state index in [1.807, 2.05) is 6.92 Å². The number of hydrogen-bond donors (Lipinski definition) is 2. The van der Waals surface area contributed by atoms with Crippen molar-refractivity contribution in [2.45, 2.75) is 38.8 Å². The number of carbonyl (C=O) groups excluding carboxylic acids is 3. The number of benzene rings is 2. The SMILES string of the molecule is CCNN1Cc2c(F)cccc2C(C(=O)N[C@H](c2cccc(F)c2)C2CC2=O)=C1CN1CCCC1=O. The number of amides is 2. The molecule has 2 atom stereocenters. The minimum Gasteiger partial charge on any atom is -0.344 e. The van der Waals surface area contributed by atoms with Crippen molar-refractivity contribution in [3.8, 4) is 0 Å². The summed E-state index contributed by atoms with van der Waals surface area (Å²) in [7, 11) is 0. The molecule has 2 aliphatic heterocycles. The molecular weight excluding hydrogens is 466 g/mol. The summed E-state index contributed by atoms with van der Waals surface area (Å²) in [6.45, 7) is 3.39. The van der Waals surface area contributed by atoms with Crippen LogP contribution < -0.4 is 10.7 Å². The van der Waals surface area contributed by atoms with E-state index in [4.69, 9.17) is 0 Å². The smallest absolute Gasteiger partial charge is 0.254 e. The van der Waals surface area contributed by atoms with E-state index in [1.54, 1.807) is 34.2 Å². The second-order valence-corrected chi connectivity index (χ2v) is 9.39. The number of carbonyl (C=O) groups is 3. The van der Waals surface area contributed by atoms with E-state index in [9.17, 15) is 23.2 Å². The molecule has 0 bridgehead atoms. The van der Waals surface area contributed by atoms with E-state index < -0.39 is 29.5 Å². The Balaban J connectivity index is 1.58. The van der Waals surface area contributed by atoms with Gasteiger partial charge in [0, 0.05) is 37.4 Å². The van der Waals surface area contributed by atoms with Crippen LogP contribution in [0.15, 0.2) is 48.2 Å². The van der Waals surface area contributed by atoms with E-state index in [1.165, 1.54) is 18.2 Å². The lowest BCUT2D eigenvalue weighted by Crippen LogP contribution is -2.46. The molecule has 2 amide bonds. The average molecular weight is 495 g/mol. The molecule has 2 aromatic carbocycles. The van der Waals surface area contributed by atoms with Crippen molar-refractivity contribution >= 4 is 23.2 Å². The van der Waals surface area contributed by atoms with Crippen molar-refractivity contribution in [1.29, 1.82) is 0 Å². The van der Waals surface area contributed by atoms with Crippen LogP contribution in [0.4, 0.5) is 8.78 Å². The number of likely N-dealkylation sites (tertiary alicyclic amines) is 1. The monoisotopic (exact) mass is 494 g/mol. The van der Waals surface area contributed by atoms with Gasteiger partial charge in [0.2, 0.25) is 5.91 Å². The fraction of sp³-hybridized carbons (Fsp3) is 0.370. The van der Waals surface area contributed by atoms with Gasteiger partial charge in [-0.25, -0.2) is 14.2 Å². The summed E-state index contributed by atoms with van der Waals surface area (Å²) in [5, 5.41) is 4.67. The maximum atomic E-state index is 14.9. The Bertz CT molecular complexity index is 1260. The topological polar surface area (TPSA) is 81.8 Å². The van der Waals surface area contributed by atoms with Gasteiger partial charge < -0.3 is 15.2 Å². The molecule has 2 aromatic rings. The van der Waals surface area contributed by atoms with E-state index >= 15 is 0 Å². The summed E-state index contributed by atoms with van der Waals surface area (Å²) in [6, 6.07) is 9.73. The summed E-state index contributed by atoms with van der Waals surface area (Å²) in [5.41, 5.74) is 5.31. The zero-order valence-electron chi connectivity index (χ0n) is 20.0. The number of fused-ring (bicyclic) bond motifs is 1. The molecule has 0 radical (unpaired) electrons. The highest BCUT2D eigenvalue weighted by atomic mass is 19.1. The summed E-state index contributed by atoms with van der Waals surface area (Å²) in [5.74, 6) is -1.84. The number of hydrazine groups is 1. The fourth-order valence-corrected chi connectivity index (χ4v) is 5.10. The van der Waals surface area contributed by atoms with Gasteiger partial charge in [-0.15, -0.1) is 0 Å². The third-order valence-corrected chi connectivity index (χ3v) is 6.98. The molecule has 2 heterocycles. The number of halogens is 2. The molecule has 9 heteroatoms. The molecule has 1 unspecified atom stereocenters. The predicted molar refractivity (Wildman–Crippen MR) is 129 cm³/mol. The molecular formula is C27H28F2N4O3. The Morgan fingerprint density at radius 2 is 1.94 bits per heavy atom. The van der Waals surface area contributed by atoms with Gasteiger partial charge in [-0.05, 0) is 35.7 Å². The van der Waals surface area contributed by atoms with Gasteiger partial charge in [0.05, 0.1) is 30.4 Å². The molecule has 0 aromatic heterocycles. The van der Waals surface area contributed by atoms with Crippen molar-refractivity contribution in [2.24, 2.45) is 5.92 Å². The number of rotatable bonds is 8. The first-order valence-electron chi connectivity index (χ1n) is 12.3. The third-order valence-electron chi connectivity index (χ3n) is 6.98. The highest BCUT2D eigenvalue weighted by molar-refractivity contribution is 6.21. The second-order valence-electron chi connectivity index (χ2n) is 9.39. The quantitative estimate of drug-likeness (QED) is 0.590. The summed E-state index contributed by atoms with van der Waals surface area (Å²) in [6.07, 6.45) is 1.49. The molecule has 1 saturated heterocycles. The van der Waals surface area contributed by atoms with Crippen LogP contribution >= 0.6 is 0 Å². The maximum absolute atomic E-state index is 14.9. The Morgan fingerprint density at radius 3 is 2.61 bits per heavy atom. The number of Topliss-reactive ketones (excluding diaryl/α,β-unsaturated/α-hetero) is 1. The van der Waals surface area contributed by atoms with Gasteiger partial charge in [0.25, 0.3) is 5.91 Å². The first-order valence-corrected chi connectivity index (χ1v) is 12.3. The van der Waals surface area contributed by atoms with Crippen molar-refractivity contribution < 1.29 is 23.2 Å². The molecule has 7 nitrogen and oxygen atoms in total. The van der Waals surface area contributed by atoms with E-state index in [2.05, 4.69) is 10.7 Å². The van der Waals surface area contributed by atoms with Crippen LogP contribution in [0, 0.1) is 17.6 Å². The van der Waals surface area contributed by atoms with E-state index in [-0.39, 0.29) is 30.4 Å². The second kappa shape index (κ2) is 9.81. The number of nitrogens with zero attached hydrogens (tertiary/aromatic N) is 2. The summed E-state index contributed by atoms with van der Waals surface area (Å²) in [4.78, 5) is 40.2. The van der Waals surface area contributed by atoms with Crippen LogP contribution in [0.2, 0.25) is 0 Å². The molecule has 2 N–H and O–H groups in total. The van der Waals surface area contributed by atoms with Crippen molar-refractivity contribution in [3.05, 3.63) is 76.5 Å². The highest BCUT2D eigenvalue weighted by Crippen LogP contribution is 2.39. The van der Waals surface area contributed by atoms with Gasteiger partial charge in [0.15, 0.2) is 0 Å². The van der Waals surface area contributed by atoms with Gasteiger partial charge in [-0.2, -0.15) is 0 Å². The van der Waals surface area contributed by atoms with Crippen molar-refractivity contribution in [3.63, 3.8) is 0 Å². The first kappa shape index (κ1) is 24.1. The lowest BCUT2D eigenvalue weighted by Gasteiger charge is -2.37. The Morgan fingerprint density at radius 1 is 1.17 bits per heavy atom. The third kappa shape index (κ3) is 4.63. The largest absolute Gasteiger partial charge is 0.344 e. The molecule has 5 rings (SSSR count). The lowest BCUT2D eigenvalue weighted by atomic mass is 9.91. The molecule has 3 aliphatic rings. The first-order chi connectivity index (χ1) is 17.4. The van der Waals surface area contributed by atoms with Crippen molar-refractivity contribution in [1.82, 2.24) is 20.7 Å². The van der Waals surface area contributed by atoms with Crippen LogP contribution in [0.25, 0.3) is 5.57 Å². The van der Waals surface area contributed by atoms with Crippen LogP contribution in [0.3, 0.4) is 0 Å². The molecule has 0 spiro atoms. The van der Waals surface area contributed by atoms with Crippen LogP contribution in [0.1, 0.15) is 48.9 Å². The maximum Gasteiger partial charge on any atom is 0.254 e. The predicted octanol–water partition coefficient (Wildman–Crippen LogP) is 3.08. The van der Waals surface area contributed by atoms with Gasteiger partial charge >= 0.3 is 0 Å².